The Morgan fingerprint density at radius 3 is 1.94 bits per heavy atom. The molecular formula is C43H31BIrN2O2-2. The largest absolute Gasteiger partial charge is 0.503 e. The van der Waals surface area contributed by atoms with Gasteiger partial charge in [-0.15, -0.1) is 47.5 Å². The number of fused-ring (bicyclic) bond motifs is 4. The van der Waals surface area contributed by atoms with Crippen LogP contribution in [0, 0.1) is 32.9 Å². The molecule has 0 unspecified atom stereocenters. The Kier molecular flexibility index (Phi) is 9.01. The third-order valence-corrected chi connectivity index (χ3v) is 9.01. The van der Waals surface area contributed by atoms with Gasteiger partial charge in [-0.25, -0.2) is 0 Å². The summed E-state index contributed by atoms with van der Waals surface area (Å²) in [5, 5.41) is 0. The molecule has 0 amide bonds. The van der Waals surface area contributed by atoms with E-state index in [-0.39, 0.29) is 26.8 Å². The van der Waals surface area contributed by atoms with Gasteiger partial charge in [0.1, 0.15) is 11.5 Å². The topological polar surface area (TPSA) is 44.2 Å². The first-order chi connectivity index (χ1) is 23.5. The molecular weight excluding hydrogens is 780 g/mol. The summed E-state index contributed by atoms with van der Waals surface area (Å²) in [6.45, 7) is 6.29. The Morgan fingerprint density at radius 2 is 1.27 bits per heavy atom. The fourth-order valence-electron chi connectivity index (χ4n) is 6.29. The van der Waals surface area contributed by atoms with Crippen LogP contribution in [0.5, 0.6) is 23.0 Å². The van der Waals surface area contributed by atoms with Gasteiger partial charge in [0.2, 0.25) is 6.71 Å². The van der Waals surface area contributed by atoms with E-state index in [2.05, 4.69) is 98.6 Å². The molecule has 4 nitrogen and oxygen atoms in total. The molecule has 0 fully saturated rings. The SMILES string of the molecule is Cc1c[c-]c(-c2cc(C)c(C)cn2)cc1.[Ir].[c-]1cc2c3c(c1-c1ccc(-c4ccccc4)cn1)Oc1ccccc1B3c1ccccc1O2. The van der Waals surface area contributed by atoms with E-state index in [1.165, 1.54) is 16.7 Å². The fourth-order valence-corrected chi connectivity index (χ4v) is 6.29. The number of nitrogens with zero attached hydrogens (tertiary/aromatic N) is 2. The smallest absolute Gasteiger partial charge is 0.239 e. The molecule has 49 heavy (non-hydrogen) atoms. The van der Waals surface area contributed by atoms with Gasteiger partial charge in [0, 0.05) is 44.0 Å². The van der Waals surface area contributed by atoms with Crippen molar-refractivity contribution < 1.29 is 29.6 Å². The van der Waals surface area contributed by atoms with Crippen molar-refractivity contribution in [2.75, 3.05) is 0 Å². The summed E-state index contributed by atoms with van der Waals surface area (Å²) in [6.07, 6.45) is 3.82. The first-order valence-electron chi connectivity index (χ1n) is 16.1. The van der Waals surface area contributed by atoms with Gasteiger partial charge in [0.15, 0.2) is 0 Å². The molecule has 0 saturated carbocycles. The minimum atomic E-state index is 0. The second-order valence-corrected chi connectivity index (χ2v) is 12.2. The van der Waals surface area contributed by atoms with Crippen molar-refractivity contribution in [3.63, 3.8) is 0 Å². The van der Waals surface area contributed by atoms with Crippen LogP contribution in [0.1, 0.15) is 16.7 Å². The van der Waals surface area contributed by atoms with Crippen LogP contribution in [0.25, 0.3) is 33.6 Å². The van der Waals surface area contributed by atoms with E-state index in [9.17, 15) is 0 Å². The fraction of sp³-hybridized carbons (Fsp3) is 0.0698. The maximum Gasteiger partial charge on any atom is 0.239 e. The third kappa shape index (κ3) is 6.22. The van der Waals surface area contributed by atoms with E-state index in [4.69, 9.17) is 14.5 Å². The summed E-state index contributed by atoms with van der Waals surface area (Å²) in [5.41, 5.74) is 13.0. The number of hydrogen-bond donors (Lipinski definition) is 0. The molecule has 0 N–H and O–H groups in total. The summed E-state index contributed by atoms with van der Waals surface area (Å²) in [6, 6.07) is 47.7. The predicted molar refractivity (Wildman–Crippen MR) is 194 cm³/mol. The number of benzene rings is 5. The van der Waals surface area contributed by atoms with Crippen molar-refractivity contribution in [2.24, 2.45) is 0 Å². The molecule has 0 saturated heterocycles. The normalized spacial score (nSPS) is 11.7. The zero-order chi connectivity index (χ0) is 32.6. The molecule has 0 spiro atoms. The Labute approximate surface area is 301 Å². The molecule has 239 valence electrons. The maximum atomic E-state index is 6.49. The molecule has 0 aliphatic carbocycles. The van der Waals surface area contributed by atoms with E-state index >= 15 is 0 Å². The van der Waals surface area contributed by atoms with Gasteiger partial charge in [-0.2, -0.15) is 0 Å². The third-order valence-electron chi connectivity index (χ3n) is 9.01. The predicted octanol–water partition coefficient (Wildman–Crippen LogP) is 8.41. The van der Waals surface area contributed by atoms with Crippen molar-refractivity contribution in [3.05, 3.63) is 163 Å². The molecule has 7 aromatic rings. The second-order valence-electron chi connectivity index (χ2n) is 12.2. The molecule has 4 heterocycles. The van der Waals surface area contributed by atoms with E-state index in [0.29, 0.717) is 0 Å². The average Bonchev–Trinajstić information content (AvgIpc) is 3.14. The number of hydrogen-bond acceptors (Lipinski definition) is 4. The summed E-state index contributed by atoms with van der Waals surface area (Å²) >= 11 is 0. The number of para-hydroxylation sites is 2. The van der Waals surface area contributed by atoms with Crippen LogP contribution in [-0.2, 0) is 20.1 Å². The van der Waals surface area contributed by atoms with E-state index in [0.717, 1.165) is 73.0 Å². The molecule has 2 aliphatic rings. The van der Waals surface area contributed by atoms with Gasteiger partial charge >= 0.3 is 0 Å². The first kappa shape index (κ1) is 32.3. The molecule has 6 heteroatoms. The van der Waals surface area contributed by atoms with Crippen molar-refractivity contribution in [3.8, 4) is 56.6 Å². The van der Waals surface area contributed by atoms with Gasteiger partial charge in [-0.3, -0.25) is 0 Å². The van der Waals surface area contributed by atoms with Crippen LogP contribution in [0.3, 0.4) is 0 Å². The van der Waals surface area contributed by atoms with Crippen molar-refractivity contribution in [1.29, 1.82) is 0 Å². The van der Waals surface area contributed by atoms with Crippen LogP contribution >= 0.6 is 0 Å². The minimum Gasteiger partial charge on any atom is -0.503 e. The summed E-state index contributed by atoms with van der Waals surface area (Å²) in [4.78, 5) is 9.19. The number of pyridine rings is 2. The summed E-state index contributed by atoms with van der Waals surface area (Å²) in [5.74, 6) is 3.29. The molecule has 2 aromatic heterocycles. The molecule has 0 bridgehead atoms. The van der Waals surface area contributed by atoms with E-state index in [1.807, 2.05) is 73.1 Å². The maximum absolute atomic E-state index is 6.49. The number of aryl methyl sites for hydroxylation is 3. The Morgan fingerprint density at radius 1 is 0.571 bits per heavy atom. The van der Waals surface area contributed by atoms with Crippen LogP contribution in [0.15, 0.2) is 134 Å². The number of rotatable bonds is 3. The zero-order valence-corrected chi connectivity index (χ0v) is 29.7. The van der Waals surface area contributed by atoms with Gasteiger partial charge in [0.25, 0.3) is 0 Å². The van der Waals surface area contributed by atoms with Gasteiger partial charge in [0.05, 0.1) is 0 Å². The molecule has 2 aliphatic heterocycles. The molecule has 1 radical (unpaired) electrons. The standard InChI is InChI=1S/C29H17BNO2.C14H14N.Ir/c1-2-8-19(9-3-1)20-14-16-24(31-18-20)21-15-17-27-28-29(21)33-26-13-7-5-11-23(26)30(28)22-10-4-6-12-25(22)32-27;1-10-4-6-13(7-5-10)14-8-11(2)12(3)9-15-14;/h1-14,16-18H;4-6,8-9H,1-3H3;/q2*-1;. The van der Waals surface area contributed by atoms with E-state index < -0.39 is 0 Å². The van der Waals surface area contributed by atoms with Crippen LogP contribution < -0.4 is 25.9 Å². The minimum absolute atomic E-state index is 0. The van der Waals surface area contributed by atoms with Crippen molar-refractivity contribution in [2.45, 2.75) is 20.8 Å². The summed E-state index contributed by atoms with van der Waals surface area (Å²) in [7, 11) is 0. The van der Waals surface area contributed by atoms with Gasteiger partial charge in [-0.1, -0.05) is 108 Å². The Hall–Kier alpha value is -5.29. The van der Waals surface area contributed by atoms with Gasteiger partial charge < -0.3 is 19.4 Å². The van der Waals surface area contributed by atoms with Gasteiger partial charge in [-0.05, 0) is 65.0 Å². The monoisotopic (exact) mass is 811 g/mol. The second kappa shape index (κ2) is 13.7. The molecule has 0 atom stereocenters. The summed E-state index contributed by atoms with van der Waals surface area (Å²) < 4.78 is 12.8. The van der Waals surface area contributed by atoms with Crippen LogP contribution in [0.4, 0.5) is 0 Å². The Balaban J connectivity index is 0.000000200. The van der Waals surface area contributed by atoms with Crippen molar-refractivity contribution >= 4 is 23.1 Å². The quantitative estimate of drug-likeness (QED) is 0.133. The Bertz CT molecular complexity index is 2260. The average molecular weight is 811 g/mol. The number of ether oxygens (including phenoxy) is 2. The zero-order valence-electron chi connectivity index (χ0n) is 27.3. The van der Waals surface area contributed by atoms with E-state index in [1.54, 1.807) is 0 Å². The first-order valence-corrected chi connectivity index (χ1v) is 16.1. The number of aromatic nitrogens is 2. The van der Waals surface area contributed by atoms with Crippen molar-refractivity contribution in [1.82, 2.24) is 9.97 Å². The molecule has 9 rings (SSSR count). The van der Waals surface area contributed by atoms with Crippen LogP contribution in [0.2, 0.25) is 0 Å². The van der Waals surface area contributed by atoms with Crippen LogP contribution in [-0.4, -0.2) is 16.7 Å². The molecule has 5 aromatic carbocycles.